The molecule has 1 aromatic carbocycles. The van der Waals surface area contributed by atoms with Gasteiger partial charge in [-0.25, -0.2) is 0 Å². The number of aliphatic carboxylic acids is 1. The van der Waals surface area contributed by atoms with Crippen LogP contribution in [0.3, 0.4) is 0 Å². The van der Waals surface area contributed by atoms with Crippen LogP contribution in [0, 0.1) is 5.92 Å². The Morgan fingerprint density at radius 3 is 2.67 bits per heavy atom. The molecule has 1 aliphatic carbocycles. The number of rotatable bonds is 4. The smallest absolute Gasteiger partial charge is 0.308 e. The molecule has 2 unspecified atom stereocenters. The van der Waals surface area contributed by atoms with Crippen LogP contribution in [0.25, 0.3) is 0 Å². The van der Waals surface area contributed by atoms with Gasteiger partial charge >= 0.3 is 5.97 Å². The van der Waals surface area contributed by atoms with Gasteiger partial charge in [0.05, 0.1) is 5.92 Å². The molecule has 0 aliphatic heterocycles. The number of anilines is 1. The van der Waals surface area contributed by atoms with Crippen LogP contribution in [0.2, 0.25) is 0 Å². The number of carboxylic acid groups (broad SMARTS) is 1. The van der Waals surface area contributed by atoms with Crippen LogP contribution in [0.1, 0.15) is 36.5 Å². The van der Waals surface area contributed by atoms with Gasteiger partial charge in [-0.2, -0.15) is 0 Å². The molecule has 0 bridgehead atoms. The van der Waals surface area contributed by atoms with Crippen LogP contribution in [-0.2, 0) is 9.59 Å². The lowest BCUT2D eigenvalue weighted by atomic mass is 10.0. The van der Waals surface area contributed by atoms with Crippen molar-refractivity contribution in [3.63, 3.8) is 0 Å². The van der Waals surface area contributed by atoms with Crippen molar-refractivity contribution in [2.24, 2.45) is 5.92 Å². The molecule has 0 aromatic heterocycles. The molecule has 2 atom stereocenters. The summed E-state index contributed by atoms with van der Waals surface area (Å²) in [5.41, 5.74) is 0.939. The maximum Gasteiger partial charge on any atom is 0.308 e. The van der Waals surface area contributed by atoms with Crippen molar-refractivity contribution in [2.75, 3.05) is 5.32 Å². The number of hydrogen-bond acceptors (Lipinski definition) is 3. The van der Waals surface area contributed by atoms with Crippen LogP contribution in [-0.4, -0.2) is 28.9 Å². The van der Waals surface area contributed by atoms with E-state index in [9.17, 15) is 14.4 Å². The highest BCUT2D eigenvalue weighted by molar-refractivity contribution is 5.97. The molecule has 0 spiro atoms. The van der Waals surface area contributed by atoms with E-state index in [-0.39, 0.29) is 17.9 Å². The van der Waals surface area contributed by atoms with Crippen molar-refractivity contribution in [3.8, 4) is 0 Å². The first-order valence-corrected chi connectivity index (χ1v) is 6.88. The minimum atomic E-state index is -0.871. The van der Waals surface area contributed by atoms with Gasteiger partial charge in [0, 0.05) is 24.2 Å². The Bertz CT molecular complexity index is 571. The number of nitrogens with one attached hydrogen (secondary N) is 2. The van der Waals surface area contributed by atoms with E-state index in [1.165, 1.54) is 6.92 Å². The van der Waals surface area contributed by atoms with Gasteiger partial charge < -0.3 is 15.7 Å². The van der Waals surface area contributed by atoms with Crippen LogP contribution in [0.4, 0.5) is 5.69 Å². The minimum absolute atomic E-state index is 0.214. The summed E-state index contributed by atoms with van der Waals surface area (Å²) in [6.07, 6.45) is 2.06. The number of carbonyl (C=O) groups excluding carboxylic acids is 2. The molecule has 0 radical (unpaired) electrons. The number of benzene rings is 1. The zero-order valence-electron chi connectivity index (χ0n) is 11.8. The van der Waals surface area contributed by atoms with Crippen LogP contribution in [0.5, 0.6) is 0 Å². The number of carboxylic acids is 1. The Morgan fingerprint density at radius 1 is 1.24 bits per heavy atom. The van der Waals surface area contributed by atoms with Gasteiger partial charge in [-0.05, 0) is 31.0 Å². The molecule has 1 aromatic rings. The molecule has 0 heterocycles. The van der Waals surface area contributed by atoms with Crippen molar-refractivity contribution in [2.45, 2.75) is 32.2 Å². The molecule has 0 saturated heterocycles. The van der Waals surface area contributed by atoms with Crippen molar-refractivity contribution >= 4 is 23.5 Å². The second-order valence-corrected chi connectivity index (χ2v) is 5.22. The average molecular weight is 290 g/mol. The molecular formula is C15H18N2O4. The van der Waals surface area contributed by atoms with E-state index < -0.39 is 11.9 Å². The first-order valence-electron chi connectivity index (χ1n) is 6.88. The summed E-state index contributed by atoms with van der Waals surface area (Å²) in [5.74, 6) is -1.92. The van der Waals surface area contributed by atoms with Gasteiger partial charge in [0.15, 0.2) is 0 Å². The fourth-order valence-electron chi connectivity index (χ4n) is 2.62. The number of hydrogen-bond donors (Lipinski definition) is 3. The van der Waals surface area contributed by atoms with E-state index in [0.29, 0.717) is 24.1 Å². The lowest BCUT2D eigenvalue weighted by molar-refractivity contribution is -0.142. The monoisotopic (exact) mass is 290 g/mol. The maximum absolute atomic E-state index is 12.2. The fraction of sp³-hybridized carbons (Fsp3) is 0.400. The van der Waals surface area contributed by atoms with Crippen molar-refractivity contribution < 1.29 is 19.5 Å². The van der Waals surface area contributed by atoms with E-state index in [0.717, 1.165) is 6.42 Å². The summed E-state index contributed by atoms with van der Waals surface area (Å²) in [6.45, 7) is 1.39. The first-order chi connectivity index (χ1) is 9.97. The molecule has 112 valence electrons. The molecule has 1 fully saturated rings. The lowest BCUT2D eigenvalue weighted by Crippen LogP contribution is -2.40. The molecule has 3 N–H and O–H groups in total. The predicted octanol–water partition coefficient (Wildman–Crippen LogP) is 1.63. The summed E-state index contributed by atoms with van der Waals surface area (Å²) in [5, 5.41) is 14.5. The highest BCUT2D eigenvalue weighted by Gasteiger charge is 2.33. The van der Waals surface area contributed by atoms with Crippen LogP contribution < -0.4 is 10.6 Å². The third-order valence-electron chi connectivity index (χ3n) is 3.59. The predicted molar refractivity (Wildman–Crippen MR) is 77.0 cm³/mol. The average Bonchev–Trinajstić information content (AvgIpc) is 2.86. The standard InChI is InChI=1S/C15H18N2O4/c1-9(18)16-11-5-2-4-10(8-11)14(19)17-13-7-3-6-12(13)15(20)21/h2,4-5,8,12-13H,3,6-7H2,1H3,(H,16,18)(H,17,19)(H,20,21). The fourth-order valence-corrected chi connectivity index (χ4v) is 2.62. The Labute approximate surface area is 122 Å². The topological polar surface area (TPSA) is 95.5 Å². The van der Waals surface area contributed by atoms with Crippen LogP contribution in [0.15, 0.2) is 24.3 Å². The van der Waals surface area contributed by atoms with E-state index in [1.54, 1.807) is 24.3 Å². The van der Waals surface area contributed by atoms with Crippen molar-refractivity contribution in [1.82, 2.24) is 5.32 Å². The summed E-state index contributed by atoms with van der Waals surface area (Å²) in [7, 11) is 0. The van der Waals surface area contributed by atoms with E-state index >= 15 is 0 Å². The Kier molecular flexibility index (Phi) is 4.57. The molecule has 21 heavy (non-hydrogen) atoms. The van der Waals surface area contributed by atoms with Gasteiger partial charge in [-0.3, -0.25) is 14.4 Å². The zero-order valence-corrected chi connectivity index (χ0v) is 11.8. The molecule has 6 heteroatoms. The molecule has 2 rings (SSSR count). The Morgan fingerprint density at radius 2 is 2.00 bits per heavy atom. The molecule has 1 saturated carbocycles. The summed E-state index contributed by atoms with van der Waals surface area (Å²) >= 11 is 0. The second kappa shape index (κ2) is 6.39. The molecular weight excluding hydrogens is 272 g/mol. The SMILES string of the molecule is CC(=O)Nc1cccc(C(=O)NC2CCCC2C(=O)O)c1. The highest BCUT2D eigenvalue weighted by Crippen LogP contribution is 2.26. The van der Waals surface area contributed by atoms with Crippen molar-refractivity contribution in [1.29, 1.82) is 0 Å². The molecule has 6 nitrogen and oxygen atoms in total. The van der Waals surface area contributed by atoms with Crippen LogP contribution >= 0.6 is 0 Å². The third kappa shape index (κ3) is 3.81. The van der Waals surface area contributed by atoms with E-state index in [4.69, 9.17) is 5.11 Å². The van der Waals surface area contributed by atoms with Crippen molar-refractivity contribution in [3.05, 3.63) is 29.8 Å². The number of carbonyl (C=O) groups is 3. The lowest BCUT2D eigenvalue weighted by Gasteiger charge is -2.17. The Balaban J connectivity index is 2.06. The summed E-state index contributed by atoms with van der Waals surface area (Å²) in [4.78, 5) is 34.3. The summed E-state index contributed by atoms with van der Waals surface area (Å²) < 4.78 is 0. The van der Waals surface area contributed by atoms with E-state index in [1.807, 2.05) is 0 Å². The first kappa shape index (κ1) is 15.0. The van der Waals surface area contributed by atoms with Gasteiger partial charge in [-0.15, -0.1) is 0 Å². The second-order valence-electron chi connectivity index (χ2n) is 5.22. The quantitative estimate of drug-likeness (QED) is 0.785. The van der Waals surface area contributed by atoms with Gasteiger partial charge in [0.2, 0.25) is 5.91 Å². The third-order valence-corrected chi connectivity index (χ3v) is 3.59. The normalized spacial score (nSPS) is 20.8. The highest BCUT2D eigenvalue weighted by atomic mass is 16.4. The van der Waals surface area contributed by atoms with Gasteiger partial charge in [0.25, 0.3) is 5.91 Å². The summed E-state index contributed by atoms with van der Waals surface area (Å²) in [6, 6.07) is 6.23. The maximum atomic E-state index is 12.2. The largest absolute Gasteiger partial charge is 0.481 e. The Hall–Kier alpha value is -2.37. The zero-order chi connectivity index (χ0) is 15.4. The number of amides is 2. The minimum Gasteiger partial charge on any atom is -0.481 e. The van der Waals surface area contributed by atoms with Gasteiger partial charge in [0.1, 0.15) is 0 Å². The molecule has 2 amide bonds. The van der Waals surface area contributed by atoms with E-state index in [2.05, 4.69) is 10.6 Å². The molecule has 1 aliphatic rings. The van der Waals surface area contributed by atoms with Gasteiger partial charge in [-0.1, -0.05) is 12.5 Å².